The molecule has 2 aliphatic rings. The Hall–Kier alpha value is -3.75. The molecule has 0 aliphatic carbocycles. The number of aromatic amines is 1. The van der Waals surface area contributed by atoms with E-state index >= 15 is 0 Å². The number of nitrogens with zero attached hydrogens (tertiary/aromatic N) is 1. The molecule has 37 heavy (non-hydrogen) atoms. The summed E-state index contributed by atoms with van der Waals surface area (Å²) in [4.78, 5) is 31.3. The predicted octanol–water partition coefficient (Wildman–Crippen LogP) is 3.92. The molecular weight excluding hydrogens is 471 g/mol. The average Bonchev–Trinajstić information content (AvgIpc) is 3.35. The van der Waals surface area contributed by atoms with Gasteiger partial charge in [-0.1, -0.05) is 30.3 Å². The van der Waals surface area contributed by atoms with Gasteiger partial charge >= 0.3 is 0 Å². The van der Waals surface area contributed by atoms with Gasteiger partial charge in [-0.2, -0.15) is 0 Å². The Balaban J connectivity index is 1.37. The Labute approximate surface area is 215 Å². The van der Waals surface area contributed by atoms with Crippen LogP contribution < -0.4 is 10.6 Å². The number of benzene rings is 2. The van der Waals surface area contributed by atoms with Crippen LogP contribution in [0.5, 0.6) is 0 Å². The van der Waals surface area contributed by atoms with Crippen LogP contribution >= 0.6 is 0 Å². The Morgan fingerprint density at radius 1 is 1.11 bits per heavy atom. The topological polar surface area (TPSA) is 86.5 Å². The Morgan fingerprint density at radius 3 is 2.65 bits per heavy atom. The maximum absolute atomic E-state index is 14.7. The number of aromatic nitrogens is 1. The molecule has 7 nitrogen and oxygen atoms in total. The maximum atomic E-state index is 14.7. The molecule has 0 spiro atoms. The van der Waals surface area contributed by atoms with Gasteiger partial charge in [0.25, 0.3) is 5.91 Å². The average molecular weight is 503 g/mol. The lowest BCUT2D eigenvalue weighted by Gasteiger charge is -2.26. The van der Waals surface area contributed by atoms with Crippen LogP contribution in [0.25, 0.3) is 22.8 Å². The van der Waals surface area contributed by atoms with Gasteiger partial charge in [-0.05, 0) is 48.7 Å². The number of halogens is 1. The summed E-state index contributed by atoms with van der Waals surface area (Å²) in [6.07, 6.45) is 2.05. The van der Waals surface area contributed by atoms with Gasteiger partial charge in [0.2, 0.25) is 5.91 Å². The van der Waals surface area contributed by atoms with Crippen molar-refractivity contribution in [1.29, 1.82) is 0 Å². The Kier molecular flexibility index (Phi) is 7.21. The molecule has 2 aromatic carbocycles. The molecule has 192 valence electrons. The minimum absolute atomic E-state index is 0.0385. The zero-order chi connectivity index (χ0) is 25.9. The highest BCUT2D eigenvalue weighted by atomic mass is 19.1. The number of fused-ring (bicyclic) bond motifs is 1. The summed E-state index contributed by atoms with van der Waals surface area (Å²) in [5.74, 6) is -0.625. The first kappa shape index (κ1) is 24.9. The molecular formula is C29H31FN4O3. The van der Waals surface area contributed by atoms with Crippen LogP contribution in [0, 0.1) is 19.7 Å². The normalized spacial score (nSPS) is 16.6. The number of rotatable bonds is 7. The minimum atomic E-state index is -0.344. The number of carbonyl (C=O) groups excluding carboxylic acids is 2. The molecule has 1 aromatic heterocycles. The Bertz CT molecular complexity index is 1370. The van der Waals surface area contributed by atoms with Crippen molar-refractivity contribution in [1.82, 2.24) is 15.2 Å². The largest absolute Gasteiger partial charge is 0.379 e. The lowest BCUT2D eigenvalue weighted by atomic mass is 9.93. The van der Waals surface area contributed by atoms with Crippen LogP contribution in [0.3, 0.4) is 0 Å². The second-order valence-corrected chi connectivity index (χ2v) is 9.47. The fourth-order valence-corrected chi connectivity index (χ4v) is 5.06. The van der Waals surface area contributed by atoms with Crippen molar-refractivity contribution in [2.75, 3.05) is 44.7 Å². The van der Waals surface area contributed by atoms with Gasteiger partial charge in [0.1, 0.15) is 5.82 Å². The number of hydrogen-bond acceptors (Lipinski definition) is 4. The van der Waals surface area contributed by atoms with Crippen LogP contribution in [-0.4, -0.2) is 61.1 Å². The lowest BCUT2D eigenvalue weighted by molar-refractivity contribution is -0.120. The number of amides is 2. The summed E-state index contributed by atoms with van der Waals surface area (Å²) in [6, 6.07) is 12.0. The molecule has 0 unspecified atom stereocenters. The number of H-pyrrole nitrogens is 1. The first-order valence-corrected chi connectivity index (χ1v) is 12.6. The van der Waals surface area contributed by atoms with E-state index in [0.717, 1.165) is 55.4 Å². The van der Waals surface area contributed by atoms with E-state index in [1.54, 1.807) is 24.3 Å². The van der Waals surface area contributed by atoms with Crippen LogP contribution in [0.2, 0.25) is 0 Å². The standard InChI is InChI=1S/C29H31FN4O3/c1-18-22(17-27(35)31-10-11-34-12-14-37-15-13-34)19(2)32-26(18)16-23-28-21(20-6-3-4-8-24(20)30)7-5-9-25(28)33-29(23)36/h3-9,16,32H,10-15,17H2,1-2H3,(H,31,35)(H,33,36)/b23-16-. The molecule has 1 fully saturated rings. The number of morpholine rings is 1. The summed E-state index contributed by atoms with van der Waals surface area (Å²) in [5.41, 5.74) is 6.35. The van der Waals surface area contributed by atoms with Gasteiger partial charge in [0, 0.05) is 54.4 Å². The third-order valence-corrected chi connectivity index (χ3v) is 7.10. The number of hydrogen-bond donors (Lipinski definition) is 3. The van der Waals surface area contributed by atoms with E-state index in [0.29, 0.717) is 34.5 Å². The van der Waals surface area contributed by atoms with E-state index in [-0.39, 0.29) is 24.1 Å². The SMILES string of the molecule is Cc1[nH]c(/C=C2\C(=O)Nc3cccc(-c4ccccc4F)c32)c(C)c1CC(=O)NCCN1CCOCC1. The van der Waals surface area contributed by atoms with Gasteiger partial charge in [-0.3, -0.25) is 14.5 Å². The molecule has 5 rings (SSSR count). The van der Waals surface area contributed by atoms with Crippen molar-refractivity contribution < 1.29 is 18.7 Å². The summed E-state index contributed by atoms with van der Waals surface area (Å²) in [5, 5.41) is 5.92. The highest BCUT2D eigenvalue weighted by Crippen LogP contribution is 2.41. The predicted molar refractivity (Wildman–Crippen MR) is 143 cm³/mol. The van der Waals surface area contributed by atoms with E-state index in [1.165, 1.54) is 6.07 Å². The fraction of sp³-hybridized carbons (Fsp3) is 0.310. The van der Waals surface area contributed by atoms with Gasteiger partial charge in [-0.25, -0.2) is 4.39 Å². The van der Waals surface area contributed by atoms with Crippen LogP contribution in [0.1, 0.15) is 28.1 Å². The molecule has 2 aliphatic heterocycles. The molecule has 2 amide bonds. The van der Waals surface area contributed by atoms with E-state index in [4.69, 9.17) is 4.74 Å². The number of carbonyl (C=O) groups is 2. The molecule has 8 heteroatoms. The Morgan fingerprint density at radius 2 is 1.86 bits per heavy atom. The zero-order valence-corrected chi connectivity index (χ0v) is 21.1. The minimum Gasteiger partial charge on any atom is -0.379 e. The first-order valence-electron chi connectivity index (χ1n) is 12.6. The molecule has 3 aromatic rings. The van der Waals surface area contributed by atoms with Gasteiger partial charge in [0.05, 0.1) is 25.2 Å². The van der Waals surface area contributed by atoms with Crippen molar-refractivity contribution in [2.45, 2.75) is 20.3 Å². The van der Waals surface area contributed by atoms with Crippen molar-refractivity contribution in [3.05, 3.63) is 76.4 Å². The first-order chi connectivity index (χ1) is 17.9. The summed E-state index contributed by atoms with van der Waals surface area (Å²) in [6.45, 7) is 8.51. The highest BCUT2D eigenvalue weighted by Gasteiger charge is 2.28. The quantitative estimate of drug-likeness (QED) is 0.428. The zero-order valence-electron chi connectivity index (χ0n) is 21.1. The monoisotopic (exact) mass is 502 g/mol. The summed E-state index contributed by atoms with van der Waals surface area (Å²) < 4.78 is 20.0. The van der Waals surface area contributed by atoms with Gasteiger partial charge in [-0.15, -0.1) is 0 Å². The van der Waals surface area contributed by atoms with E-state index < -0.39 is 0 Å². The van der Waals surface area contributed by atoms with Gasteiger partial charge < -0.3 is 20.4 Å². The third kappa shape index (κ3) is 5.21. The number of anilines is 1. The molecule has 0 bridgehead atoms. The number of aryl methyl sites for hydroxylation is 1. The summed E-state index contributed by atoms with van der Waals surface area (Å²) in [7, 11) is 0. The van der Waals surface area contributed by atoms with Gasteiger partial charge in [0.15, 0.2) is 0 Å². The smallest absolute Gasteiger partial charge is 0.256 e. The molecule has 3 N–H and O–H groups in total. The number of ether oxygens (including phenoxy) is 1. The highest BCUT2D eigenvalue weighted by molar-refractivity contribution is 6.36. The van der Waals surface area contributed by atoms with E-state index in [9.17, 15) is 14.0 Å². The molecule has 3 heterocycles. The van der Waals surface area contributed by atoms with Crippen LogP contribution in [0.15, 0.2) is 42.5 Å². The molecule has 0 atom stereocenters. The van der Waals surface area contributed by atoms with E-state index in [1.807, 2.05) is 32.0 Å². The molecule has 1 saturated heterocycles. The second-order valence-electron chi connectivity index (χ2n) is 9.47. The molecule has 0 saturated carbocycles. The second kappa shape index (κ2) is 10.7. The third-order valence-electron chi connectivity index (χ3n) is 7.10. The summed E-state index contributed by atoms with van der Waals surface area (Å²) >= 11 is 0. The maximum Gasteiger partial charge on any atom is 0.256 e. The van der Waals surface area contributed by atoms with E-state index in [2.05, 4.69) is 20.5 Å². The van der Waals surface area contributed by atoms with Crippen molar-refractivity contribution in [2.24, 2.45) is 0 Å². The fourth-order valence-electron chi connectivity index (χ4n) is 5.06. The van der Waals surface area contributed by atoms with Crippen LogP contribution in [0.4, 0.5) is 10.1 Å². The van der Waals surface area contributed by atoms with Crippen molar-refractivity contribution >= 4 is 29.2 Å². The van der Waals surface area contributed by atoms with Crippen molar-refractivity contribution in [3.63, 3.8) is 0 Å². The number of nitrogens with one attached hydrogen (secondary N) is 3. The lowest BCUT2D eigenvalue weighted by Crippen LogP contribution is -2.41. The molecule has 0 radical (unpaired) electrons. The van der Waals surface area contributed by atoms with Crippen molar-refractivity contribution in [3.8, 4) is 11.1 Å². The van der Waals surface area contributed by atoms with Crippen LogP contribution in [-0.2, 0) is 20.7 Å².